The highest BCUT2D eigenvalue weighted by Crippen LogP contribution is 2.25. The molecule has 1 atom stereocenters. The van der Waals surface area contributed by atoms with E-state index in [4.69, 9.17) is 5.73 Å². The Kier molecular flexibility index (Phi) is 7.59. The zero-order chi connectivity index (χ0) is 18.9. The average molecular weight is 360 g/mol. The molecule has 1 heterocycles. The minimum atomic E-state index is -0.473. The standard InChI is InChI=1S/C19H28N4O3/c1-13(14-6-9-21-10-7-14)12-18(25)23-16-5-3-2-4-15(16)19(26)22-11-8-17(20)24/h2-5,13-14,21H,6-12H2,1H3,(H2,20,24)(H,22,26)(H,23,25). The van der Waals surface area contributed by atoms with Crippen molar-refractivity contribution in [2.75, 3.05) is 25.0 Å². The van der Waals surface area contributed by atoms with Gasteiger partial charge in [0.05, 0.1) is 11.3 Å². The van der Waals surface area contributed by atoms with E-state index in [2.05, 4.69) is 22.9 Å². The second-order valence-electron chi connectivity index (χ2n) is 6.83. The second-order valence-corrected chi connectivity index (χ2v) is 6.83. The van der Waals surface area contributed by atoms with Crippen molar-refractivity contribution in [3.63, 3.8) is 0 Å². The van der Waals surface area contributed by atoms with Crippen LogP contribution in [0.3, 0.4) is 0 Å². The topological polar surface area (TPSA) is 113 Å². The van der Waals surface area contributed by atoms with Gasteiger partial charge in [-0.05, 0) is 49.9 Å². The molecule has 1 saturated heterocycles. The lowest BCUT2D eigenvalue weighted by molar-refractivity contribution is -0.118. The Morgan fingerprint density at radius 3 is 2.62 bits per heavy atom. The number of primary amides is 1. The Labute approximate surface area is 154 Å². The summed E-state index contributed by atoms with van der Waals surface area (Å²) in [6, 6.07) is 6.85. The molecule has 3 amide bonds. The SMILES string of the molecule is CC(CC(=O)Nc1ccccc1C(=O)NCCC(N)=O)C1CCNCC1. The number of carbonyl (C=O) groups is 3. The zero-order valence-corrected chi connectivity index (χ0v) is 15.2. The molecule has 5 N–H and O–H groups in total. The number of hydrogen-bond donors (Lipinski definition) is 4. The lowest BCUT2D eigenvalue weighted by atomic mass is 9.84. The Balaban J connectivity index is 1.92. The highest BCUT2D eigenvalue weighted by atomic mass is 16.2. The average Bonchev–Trinajstić information content (AvgIpc) is 2.62. The number of hydrogen-bond acceptors (Lipinski definition) is 4. The first-order valence-corrected chi connectivity index (χ1v) is 9.13. The second kappa shape index (κ2) is 9.91. The van der Waals surface area contributed by atoms with Gasteiger partial charge in [0.2, 0.25) is 11.8 Å². The first kappa shape index (κ1) is 19.9. The van der Waals surface area contributed by atoms with Crippen molar-refractivity contribution >= 4 is 23.4 Å². The van der Waals surface area contributed by atoms with E-state index in [0.29, 0.717) is 29.5 Å². The number of para-hydroxylation sites is 1. The molecule has 0 radical (unpaired) electrons. The van der Waals surface area contributed by atoms with Gasteiger partial charge in [-0.25, -0.2) is 0 Å². The lowest BCUT2D eigenvalue weighted by Crippen LogP contribution is -2.32. The van der Waals surface area contributed by atoms with Crippen LogP contribution in [0.15, 0.2) is 24.3 Å². The maximum absolute atomic E-state index is 12.4. The van der Waals surface area contributed by atoms with E-state index in [9.17, 15) is 14.4 Å². The van der Waals surface area contributed by atoms with E-state index in [1.165, 1.54) is 0 Å². The van der Waals surface area contributed by atoms with E-state index in [1.807, 2.05) is 0 Å². The van der Waals surface area contributed by atoms with Crippen LogP contribution in [-0.2, 0) is 9.59 Å². The molecule has 2 rings (SSSR count). The lowest BCUT2D eigenvalue weighted by Gasteiger charge is -2.28. The van der Waals surface area contributed by atoms with Crippen molar-refractivity contribution in [3.05, 3.63) is 29.8 Å². The van der Waals surface area contributed by atoms with Gasteiger partial charge >= 0.3 is 0 Å². The number of piperidine rings is 1. The molecule has 7 heteroatoms. The predicted molar refractivity (Wildman–Crippen MR) is 101 cm³/mol. The summed E-state index contributed by atoms with van der Waals surface area (Å²) >= 11 is 0. The molecule has 1 aliphatic rings. The van der Waals surface area contributed by atoms with Crippen LogP contribution in [0.1, 0.15) is 43.0 Å². The normalized spacial score (nSPS) is 15.9. The van der Waals surface area contributed by atoms with Gasteiger partial charge in [-0.3, -0.25) is 14.4 Å². The molecule has 0 aromatic heterocycles. The van der Waals surface area contributed by atoms with Crippen molar-refractivity contribution < 1.29 is 14.4 Å². The van der Waals surface area contributed by atoms with Gasteiger partial charge in [0.25, 0.3) is 5.91 Å². The smallest absolute Gasteiger partial charge is 0.253 e. The number of rotatable bonds is 8. The fraction of sp³-hybridized carbons (Fsp3) is 0.526. The van der Waals surface area contributed by atoms with Gasteiger partial charge < -0.3 is 21.7 Å². The van der Waals surface area contributed by atoms with Crippen LogP contribution >= 0.6 is 0 Å². The van der Waals surface area contributed by atoms with Crippen molar-refractivity contribution in [2.24, 2.45) is 17.6 Å². The monoisotopic (exact) mass is 360 g/mol. The minimum absolute atomic E-state index is 0.0774. The number of nitrogens with one attached hydrogen (secondary N) is 3. The molecule has 1 aromatic carbocycles. The zero-order valence-electron chi connectivity index (χ0n) is 15.2. The molecule has 0 bridgehead atoms. The third-order valence-electron chi connectivity index (χ3n) is 4.80. The Bertz CT molecular complexity index is 641. The van der Waals surface area contributed by atoms with Crippen molar-refractivity contribution in [1.29, 1.82) is 0 Å². The van der Waals surface area contributed by atoms with Gasteiger partial charge in [-0.1, -0.05) is 19.1 Å². The predicted octanol–water partition coefficient (Wildman–Crippen LogP) is 1.26. The summed E-state index contributed by atoms with van der Waals surface area (Å²) in [5, 5.41) is 8.82. The summed E-state index contributed by atoms with van der Waals surface area (Å²) in [5.74, 6) is -0.0521. The van der Waals surface area contributed by atoms with E-state index in [0.717, 1.165) is 25.9 Å². The van der Waals surface area contributed by atoms with Crippen LogP contribution in [-0.4, -0.2) is 37.4 Å². The molecule has 0 saturated carbocycles. The maximum Gasteiger partial charge on any atom is 0.253 e. The van der Waals surface area contributed by atoms with E-state index in [-0.39, 0.29) is 24.8 Å². The summed E-state index contributed by atoms with van der Waals surface area (Å²) < 4.78 is 0. The quantitative estimate of drug-likeness (QED) is 0.559. The molecule has 0 aliphatic carbocycles. The van der Waals surface area contributed by atoms with Gasteiger partial charge in [0, 0.05) is 19.4 Å². The van der Waals surface area contributed by atoms with Crippen molar-refractivity contribution in [2.45, 2.75) is 32.6 Å². The van der Waals surface area contributed by atoms with Gasteiger partial charge in [0.1, 0.15) is 0 Å². The molecule has 7 nitrogen and oxygen atoms in total. The van der Waals surface area contributed by atoms with Crippen LogP contribution in [0.2, 0.25) is 0 Å². The minimum Gasteiger partial charge on any atom is -0.370 e. The Hall–Kier alpha value is -2.41. The Morgan fingerprint density at radius 1 is 1.23 bits per heavy atom. The summed E-state index contributed by atoms with van der Waals surface area (Å²) in [6.45, 7) is 4.29. The van der Waals surface area contributed by atoms with Crippen LogP contribution in [0, 0.1) is 11.8 Å². The third-order valence-corrected chi connectivity index (χ3v) is 4.80. The van der Waals surface area contributed by atoms with Crippen LogP contribution in [0.4, 0.5) is 5.69 Å². The molecule has 1 aromatic rings. The summed E-state index contributed by atoms with van der Waals surface area (Å²) in [7, 11) is 0. The summed E-state index contributed by atoms with van der Waals surface area (Å²) in [4.78, 5) is 35.5. The molecule has 142 valence electrons. The first-order valence-electron chi connectivity index (χ1n) is 9.13. The van der Waals surface area contributed by atoms with Crippen molar-refractivity contribution in [1.82, 2.24) is 10.6 Å². The molecule has 0 spiro atoms. The number of benzene rings is 1. The van der Waals surface area contributed by atoms with Crippen LogP contribution in [0.5, 0.6) is 0 Å². The number of anilines is 1. The summed E-state index contributed by atoms with van der Waals surface area (Å²) in [5.41, 5.74) is 5.92. The third kappa shape index (κ3) is 6.15. The molecular formula is C19H28N4O3. The molecule has 26 heavy (non-hydrogen) atoms. The Morgan fingerprint density at radius 2 is 1.92 bits per heavy atom. The molecule has 1 fully saturated rings. The largest absolute Gasteiger partial charge is 0.370 e. The van der Waals surface area contributed by atoms with Gasteiger partial charge in [-0.15, -0.1) is 0 Å². The molecule has 1 unspecified atom stereocenters. The number of carbonyl (C=O) groups excluding carboxylic acids is 3. The highest BCUT2D eigenvalue weighted by molar-refractivity contribution is 6.03. The van der Waals surface area contributed by atoms with Crippen LogP contribution in [0.25, 0.3) is 0 Å². The fourth-order valence-corrected chi connectivity index (χ4v) is 3.26. The van der Waals surface area contributed by atoms with E-state index >= 15 is 0 Å². The maximum atomic E-state index is 12.4. The first-order chi connectivity index (χ1) is 12.5. The van der Waals surface area contributed by atoms with Gasteiger partial charge in [-0.2, -0.15) is 0 Å². The molecular weight excluding hydrogens is 332 g/mol. The van der Waals surface area contributed by atoms with Crippen LogP contribution < -0.4 is 21.7 Å². The highest BCUT2D eigenvalue weighted by Gasteiger charge is 2.22. The fourth-order valence-electron chi connectivity index (χ4n) is 3.26. The van der Waals surface area contributed by atoms with Gasteiger partial charge in [0.15, 0.2) is 0 Å². The number of amides is 3. The van der Waals surface area contributed by atoms with Crippen molar-refractivity contribution in [3.8, 4) is 0 Å². The molecule has 1 aliphatic heterocycles. The summed E-state index contributed by atoms with van der Waals surface area (Å²) in [6.07, 6.45) is 2.69. The number of nitrogens with two attached hydrogens (primary N) is 1. The van der Waals surface area contributed by atoms with E-state index in [1.54, 1.807) is 24.3 Å². The van der Waals surface area contributed by atoms with E-state index < -0.39 is 5.91 Å².